The van der Waals surface area contributed by atoms with Crippen LogP contribution < -0.4 is 0 Å². The van der Waals surface area contributed by atoms with E-state index in [1.54, 1.807) is 6.92 Å². The van der Waals surface area contributed by atoms with Crippen molar-refractivity contribution in [2.75, 3.05) is 0 Å². The number of aliphatic hydroxyl groups excluding tert-OH is 1. The minimum absolute atomic E-state index is 0.0114. The Hall–Kier alpha value is -1.24. The Morgan fingerprint density at radius 3 is 2.83 bits per heavy atom. The van der Waals surface area contributed by atoms with Crippen LogP contribution in [0.1, 0.15) is 58.8 Å². The van der Waals surface area contributed by atoms with Gasteiger partial charge in [-0.2, -0.15) is 0 Å². The molecule has 138 valence electrons. The number of fused-ring (bicyclic) bond motifs is 1. The zero-order chi connectivity index (χ0) is 17.9. The Labute approximate surface area is 140 Å². The van der Waals surface area contributed by atoms with Crippen LogP contribution in [0.5, 0.6) is 0 Å². The van der Waals surface area contributed by atoms with Crippen LogP contribution in [0.25, 0.3) is 0 Å². The molecule has 0 bridgehead atoms. The number of carbonyl (C=O) groups excluding carboxylic acids is 2. The van der Waals surface area contributed by atoms with Crippen LogP contribution >= 0.6 is 0 Å². The van der Waals surface area contributed by atoms with Crippen molar-refractivity contribution >= 4 is 11.9 Å². The molecular formula is C17H26F2O5. The molecule has 0 amide bonds. The van der Waals surface area contributed by atoms with Gasteiger partial charge >= 0.3 is 11.9 Å². The molecular weight excluding hydrogens is 322 g/mol. The van der Waals surface area contributed by atoms with Crippen LogP contribution in [-0.2, 0) is 19.1 Å². The lowest BCUT2D eigenvalue weighted by molar-refractivity contribution is -0.150. The van der Waals surface area contributed by atoms with E-state index in [2.05, 4.69) is 0 Å². The molecule has 1 N–H and O–H groups in total. The normalized spacial score (nSPS) is 30.8. The van der Waals surface area contributed by atoms with Crippen LogP contribution in [-0.4, -0.2) is 41.3 Å². The molecule has 0 aromatic heterocycles. The third kappa shape index (κ3) is 4.43. The smallest absolute Gasteiger partial charge is 0.306 e. The molecule has 2 fully saturated rings. The second-order valence-electron chi connectivity index (χ2n) is 6.90. The van der Waals surface area contributed by atoms with Gasteiger partial charge in [0.25, 0.3) is 5.92 Å². The van der Waals surface area contributed by atoms with Crippen molar-refractivity contribution in [3.63, 3.8) is 0 Å². The largest absolute Gasteiger partial charge is 0.462 e. The summed E-state index contributed by atoms with van der Waals surface area (Å²) in [5.41, 5.74) is 0. The van der Waals surface area contributed by atoms with E-state index in [-0.39, 0.29) is 49.3 Å². The second-order valence-corrected chi connectivity index (χ2v) is 6.90. The molecule has 1 aliphatic carbocycles. The number of ether oxygens (including phenoxy) is 2. The van der Waals surface area contributed by atoms with Gasteiger partial charge < -0.3 is 14.6 Å². The Bertz CT molecular complexity index is 468. The highest BCUT2D eigenvalue weighted by Crippen LogP contribution is 2.45. The Balaban J connectivity index is 1.90. The quantitative estimate of drug-likeness (QED) is 0.683. The first kappa shape index (κ1) is 19.1. The van der Waals surface area contributed by atoms with Gasteiger partial charge in [0, 0.05) is 31.6 Å². The number of aliphatic hydroxyl groups is 1. The van der Waals surface area contributed by atoms with Gasteiger partial charge in [-0.05, 0) is 12.8 Å². The molecule has 0 aromatic rings. The Morgan fingerprint density at radius 1 is 1.50 bits per heavy atom. The van der Waals surface area contributed by atoms with E-state index in [0.717, 1.165) is 0 Å². The number of hydrogen-bond donors (Lipinski definition) is 1. The lowest BCUT2D eigenvalue weighted by Crippen LogP contribution is -2.33. The van der Waals surface area contributed by atoms with Crippen molar-refractivity contribution in [3.05, 3.63) is 0 Å². The molecule has 7 heteroatoms. The number of rotatable bonds is 8. The molecule has 0 radical (unpaired) electrons. The van der Waals surface area contributed by atoms with Gasteiger partial charge in [0.15, 0.2) is 0 Å². The van der Waals surface area contributed by atoms with Crippen LogP contribution in [0.2, 0.25) is 0 Å². The molecule has 0 spiro atoms. The molecule has 0 unspecified atom stereocenters. The summed E-state index contributed by atoms with van der Waals surface area (Å²) in [6, 6.07) is 0. The summed E-state index contributed by atoms with van der Waals surface area (Å²) >= 11 is 0. The fourth-order valence-corrected chi connectivity index (χ4v) is 3.96. The van der Waals surface area contributed by atoms with Crippen LogP contribution in [0.15, 0.2) is 0 Å². The first-order valence-electron chi connectivity index (χ1n) is 8.67. The first-order valence-corrected chi connectivity index (χ1v) is 8.67. The predicted molar refractivity (Wildman–Crippen MR) is 81.4 cm³/mol. The maximum atomic E-state index is 13.6. The predicted octanol–water partition coefficient (Wildman–Crippen LogP) is 2.84. The minimum Gasteiger partial charge on any atom is -0.462 e. The van der Waals surface area contributed by atoms with Crippen LogP contribution in [0.4, 0.5) is 8.78 Å². The minimum atomic E-state index is -3.07. The zero-order valence-electron chi connectivity index (χ0n) is 14.2. The van der Waals surface area contributed by atoms with E-state index in [0.29, 0.717) is 25.7 Å². The van der Waals surface area contributed by atoms with Gasteiger partial charge in [-0.15, -0.1) is 0 Å². The molecule has 0 aromatic carbocycles. The first-order chi connectivity index (χ1) is 11.2. The van der Waals surface area contributed by atoms with Crippen molar-refractivity contribution in [1.29, 1.82) is 0 Å². The molecule has 5 atom stereocenters. The van der Waals surface area contributed by atoms with Gasteiger partial charge in [0.1, 0.15) is 18.3 Å². The van der Waals surface area contributed by atoms with Crippen molar-refractivity contribution in [2.45, 2.75) is 83.0 Å². The zero-order valence-corrected chi connectivity index (χ0v) is 14.2. The topological polar surface area (TPSA) is 72.8 Å². The number of hydrogen-bond acceptors (Lipinski definition) is 5. The van der Waals surface area contributed by atoms with Crippen molar-refractivity contribution in [2.24, 2.45) is 11.8 Å². The average molecular weight is 348 g/mol. The molecule has 1 saturated carbocycles. The summed E-state index contributed by atoms with van der Waals surface area (Å²) in [6.07, 6.45) is -0.639. The van der Waals surface area contributed by atoms with Gasteiger partial charge in [0.05, 0.1) is 6.42 Å². The maximum Gasteiger partial charge on any atom is 0.306 e. The number of alkyl halides is 2. The molecule has 2 aliphatic rings. The molecule has 1 saturated heterocycles. The summed E-state index contributed by atoms with van der Waals surface area (Å²) in [5, 5.41) is 9.71. The number of carbonyl (C=O) groups is 2. The summed E-state index contributed by atoms with van der Waals surface area (Å²) in [5.74, 6) is -3.85. The lowest BCUT2D eigenvalue weighted by atomic mass is 9.87. The van der Waals surface area contributed by atoms with Crippen molar-refractivity contribution < 1.29 is 33.0 Å². The molecule has 2 rings (SSSR count). The van der Waals surface area contributed by atoms with E-state index >= 15 is 0 Å². The van der Waals surface area contributed by atoms with Crippen molar-refractivity contribution in [3.8, 4) is 0 Å². The van der Waals surface area contributed by atoms with E-state index in [4.69, 9.17) is 9.47 Å². The van der Waals surface area contributed by atoms with Gasteiger partial charge in [0.2, 0.25) is 0 Å². The Kier molecular flexibility index (Phi) is 6.17. The Morgan fingerprint density at radius 2 is 2.21 bits per heavy atom. The van der Waals surface area contributed by atoms with Crippen molar-refractivity contribution in [1.82, 2.24) is 0 Å². The third-order valence-corrected chi connectivity index (χ3v) is 5.06. The standard InChI is InChI=1S/C17H26F2O5/c1-3-7-17(18,19)15(21)6-4-5-11-12-8-16(22)24-14(12)9-13(11)23-10(2)20/h11-15,21H,3-9H2,1-2H3/t11-,12-,13-,14+,15+/m1/s1. The highest BCUT2D eigenvalue weighted by molar-refractivity contribution is 5.72. The highest BCUT2D eigenvalue weighted by Gasteiger charge is 2.51. The van der Waals surface area contributed by atoms with Gasteiger partial charge in [-0.25, -0.2) is 8.78 Å². The molecule has 24 heavy (non-hydrogen) atoms. The monoisotopic (exact) mass is 348 g/mol. The molecule has 5 nitrogen and oxygen atoms in total. The van der Waals surface area contributed by atoms with Crippen LogP contribution in [0.3, 0.4) is 0 Å². The fraction of sp³-hybridized carbons (Fsp3) is 0.882. The average Bonchev–Trinajstić information content (AvgIpc) is 2.95. The number of esters is 2. The SMILES string of the molecule is CCCC(F)(F)[C@@H](O)CCC[C@@H]1[C@H]2CC(=O)O[C@H]2C[C@H]1OC(C)=O. The van der Waals surface area contributed by atoms with Gasteiger partial charge in [-0.3, -0.25) is 9.59 Å². The third-order valence-electron chi connectivity index (χ3n) is 5.06. The van der Waals surface area contributed by atoms with E-state index in [1.807, 2.05) is 0 Å². The highest BCUT2D eigenvalue weighted by atomic mass is 19.3. The lowest BCUT2D eigenvalue weighted by Gasteiger charge is -2.25. The number of halogens is 2. The fourth-order valence-electron chi connectivity index (χ4n) is 3.96. The van der Waals surface area contributed by atoms with E-state index in [1.165, 1.54) is 6.92 Å². The van der Waals surface area contributed by atoms with E-state index in [9.17, 15) is 23.5 Å². The second kappa shape index (κ2) is 7.76. The molecule has 1 aliphatic heterocycles. The van der Waals surface area contributed by atoms with Gasteiger partial charge in [-0.1, -0.05) is 19.8 Å². The summed E-state index contributed by atoms with van der Waals surface area (Å²) in [7, 11) is 0. The van der Waals surface area contributed by atoms with E-state index < -0.39 is 18.0 Å². The molecule has 1 heterocycles. The summed E-state index contributed by atoms with van der Waals surface area (Å²) < 4.78 is 37.9. The maximum absolute atomic E-state index is 13.6. The summed E-state index contributed by atoms with van der Waals surface area (Å²) in [6.45, 7) is 2.98. The summed E-state index contributed by atoms with van der Waals surface area (Å²) in [4.78, 5) is 22.7. The van der Waals surface area contributed by atoms with Crippen LogP contribution in [0, 0.1) is 11.8 Å².